The Morgan fingerprint density at radius 1 is 1.26 bits per heavy atom. The zero-order valence-corrected chi connectivity index (χ0v) is 14.4. The Hall–Kier alpha value is -1.55. The number of likely N-dealkylation sites (tertiary alicyclic amines) is 1. The van der Waals surface area contributed by atoms with E-state index in [1.165, 1.54) is 6.42 Å². The quantitative estimate of drug-likeness (QED) is 0.806. The third-order valence-electron chi connectivity index (χ3n) is 4.38. The molecular weight excluding hydrogens is 312 g/mol. The molecule has 0 spiro atoms. The lowest BCUT2D eigenvalue weighted by atomic mass is 9.99. The van der Waals surface area contributed by atoms with Crippen LogP contribution in [0.15, 0.2) is 24.3 Å². The fourth-order valence-electron chi connectivity index (χ4n) is 3.04. The van der Waals surface area contributed by atoms with Crippen LogP contribution in [0.25, 0.3) is 0 Å². The van der Waals surface area contributed by atoms with Gasteiger partial charge in [-0.1, -0.05) is 18.5 Å². The first-order valence-corrected chi connectivity index (χ1v) is 8.83. The molecule has 0 radical (unpaired) electrons. The highest BCUT2D eigenvalue weighted by molar-refractivity contribution is 6.30. The highest BCUT2D eigenvalue weighted by Crippen LogP contribution is 2.20. The van der Waals surface area contributed by atoms with Crippen molar-refractivity contribution in [2.24, 2.45) is 0 Å². The van der Waals surface area contributed by atoms with Crippen molar-refractivity contribution in [3.8, 4) is 0 Å². The molecule has 4 nitrogen and oxygen atoms in total. The van der Waals surface area contributed by atoms with Crippen LogP contribution < -0.4 is 5.32 Å². The van der Waals surface area contributed by atoms with Crippen molar-refractivity contribution in [1.29, 1.82) is 0 Å². The standard InChI is InChI=1S/C18H25ClN2O2/c1-2-16-6-3-4-13-21(16)17(22)7-5-12-20-18(23)14-8-10-15(19)11-9-14/h8-11,16H,2-7,12-13H2,1H3,(H,20,23). The summed E-state index contributed by atoms with van der Waals surface area (Å²) in [5.41, 5.74) is 0.586. The fourth-order valence-corrected chi connectivity index (χ4v) is 3.17. The average molecular weight is 337 g/mol. The molecule has 2 rings (SSSR count). The maximum atomic E-state index is 12.3. The molecule has 1 unspecified atom stereocenters. The maximum Gasteiger partial charge on any atom is 0.251 e. The first-order chi connectivity index (χ1) is 11.1. The molecule has 0 aromatic heterocycles. The average Bonchev–Trinajstić information content (AvgIpc) is 2.58. The zero-order valence-electron chi connectivity index (χ0n) is 13.7. The van der Waals surface area contributed by atoms with E-state index >= 15 is 0 Å². The van der Waals surface area contributed by atoms with Crippen molar-refractivity contribution in [3.63, 3.8) is 0 Å². The summed E-state index contributed by atoms with van der Waals surface area (Å²) in [6.07, 6.45) is 5.64. The number of rotatable bonds is 6. The number of amides is 2. The Bertz CT molecular complexity index is 530. The van der Waals surface area contributed by atoms with E-state index < -0.39 is 0 Å². The first-order valence-electron chi connectivity index (χ1n) is 8.45. The zero-order chi connectivity index (χ0) is 16.7. The molecule has 1 heterocycles. The Kier molecular flexibility index (Phi) is 6.90. The molecule has 0 bridgehead atoms. The molecule has 1 aliphatic heterocycles. The number of carbonyl (C=O) groups is 2. The van der Waals surface area contributed by atoms with Gasteiger partial charge in [0.25, 0.3) is 5.91 Å². The van der Waals surface area contributed by atoms with Crippen LogP contribution in [0.4, 0.5) is 0 Å². The molecule has 1 fully saturated rings. The smallest absolute Gasteiger partial charge is 0.251 e. The maximum absolute atomic E-state index is 12.3. The van der Waals surface area contributed by atoms with Crippen molar-refractivity contribution in [1.82, 2.24) is 10.2 Å². The van der Waals surface area contributed by atoms with Crippen LogP contribution in [0.5, 0.6) is 0 Å². The second-order valence-electron chi connectivity index (χ2n) is 6.01. The molecule has 0 aliphatic carbocycles. The van der Waals surface area contributed by atoms with E-state index in [1.807, 2.05) is 4.90 Å². The normalized spacial score (nSPS) is 17.8. The molecule has 2 amide bonds. The van der Waals surface area contributed by atoms with Crippen LogP contribution >= 0.6 is 11.6 Å². The molecule has 1 aliphatic rings. The Labute approximate surface area is 143 Å². The molecule has 0 saturated carbocycles. The van der Waals surface area contributed by atoms with Gasteiger partial charge in [0.05, 0.1) is 0 Å². The van der Waals surface area contributed by atoms with Gasteiger partial charge < -0.3 is 10.2 Å². The number of benzene rings is 1. The van der Waals surface area contributed by atoms with Gasteiger partial charge in [0.15, 0.2) is 0 Å². The monoisotopic (exact) mass is 336 g/mol. The second-order valence-corrected chi connectivity index (χ2v) is 6.45. The van der Waals surface area contributed by atoms with Crippen LogP contribution in [0.3, 0.4) is 0 Å². The van der Waals surface area contributed by atoms with Gasteiger partial charge in [0.1, 0.15) is 0 Å². The number of halogens is 1. The summed E-state index contributed by atoms with van der Waals surface area (Å²) in [6, 6.07) is 7.19. The van der Waals surface area contributed by atoms with Crippen LogP contribution in [-0.2, 0) is 4.79 Å². The number of hydrogen-bond donors (Lipinski definition) is 1. The topological polar surface area (TPSA) is 49.4 Å². The van der Waals surface area contributed by atoms with Crippen molar-refractivity contribution < 1.29 is 9.59 Å². The van der Waals surface area contributed by atoms with E-state index in [4.69, 9.17) is 11.6 Å². The number of piperidine rings is 1. The minimum absolute atomic E-state index is 0.126. The molecule has 1 saturated heterocycles. The molecule has 23 heavy (non-hydrogen) atoms. The molecular formula is C18H25ClN2O2. The van der Waals surface area contributed by atoms with Crippen molar-refractivity contribution in [2.75, 3.05) is 13.1 Å². The van der Waals surface area contributed by atoms with Crippen LogP contribution in [0, 0.1) is 0 Å². The Morgan fingerprint density at radius 3 is 2.70 bits per heavy atom. The van der Waals surface area contributed by atoms with E-state index in [0.717, 1.165) is 25.8 Å². The highest BCUT2D eigenvalue weighted by atomic mass is 35.5. The summed E-state index contributed by atoms with van der Waals surface area (Å²) >= 11 is 5.80. The molecule has 5 heteroatoms. The lowest BCUT2D eigenvalue weighted by Crippen LogP contribution is -2.43. The van der Waals surface area contributed by atoms with E-state index in [2.05, 4.69) is 12.2 Å². The van der Waals surface area contributed by atoms with Crippen LogP contribution in [0.1, 0.15) is 55.8 Å². The number of carbonyl (C=O) groups excluding carboxylic acids is 2. The lowest BCUT2D eigenvalue weighted by molar-refractivity contribution is -0.135. The summed E-state index contributed by atoms with van der Waals surface area (Å²) in [6.45, 7) is 3.54. The highest BCUT2D eigenvalue weighted by Gasteiger charge is 2.24. The predicted octanol–water partition coefficient (Wildman–Crippen LogP) is 3.64. The van der Waals surface area contributed by atoms with Gasteiger partial charge in [-0.3, -0.25) is 9.59 Å². The summed E-state index contributed by atoms with van der Waals surface area (Å²) in [7, 11) is 0. The lowest BCUT2D eigenvalue weighted by Gasteiger charge is -2.35. The number of nitrogens with one attached hydrogen (secondary N) is 1. The fraction of sp³-hybridized carbons (Fsp3) is 0.556. The predicted molar refractivity (Wildman–Crippen MR) is 92.7 cm³/mol. The third kappa shape index (κ3) is 5.24. The van der Waals surface area contributed by atoms with Crippen molar-refractivity contribution in [3.05, 3.63) is 34.9 Å². The minimum Gasteiger partial charge on any atom is -0.352 e. The minimum atomic E-state index is -0.126. The molecule has 1 aromatic rings. The summed E-state index contributed by atoms with van der Waals surface area (Å²) in [4.78, 5) is 26.3. The summed E-state index contributed by atoms with van der Waals surface area (Å²) in [5, 5.41) is 3.46. The van der Waals surface area contributed by atoms with Crippen molar-refractivity contribution >= 4 is 23.4 Å². The Balaban J connectivity index is 1.71. The van der Waals surface area contributed by atoms with Gasteiger partial charge in [-0.05, 0) is 56.4 Å². The van der Waals surface area contributed by atoms with Gasteiger partial charge in [-0.2, -0.15) is 0 Å². The summed E-state index contributed by atoms with van der Waals surface area (Å²) in [5.74, 6) is 0.0933. The first kappa shape index (κ1) is 17.8. The van der Waals surface area contributed by atoms with Crippen molar-refractivity contribution in [2.45, 2.75) is 51.5 Å². The van der Waals surface area contributed by atoms with Gasteiger partial charge >= 0.3 is 0 Å². The largest absolute Gasteiger partial charge is 0.352 e. The molecule has 1 aromatic carbocycles. The van der Waals surface area contributed by atoms with E-state index in [-0.39, 0.29) is 11.8 Å². The third-order valence-corrected chi connectivity index (χ3v) is 4.63. The van der Waals surface area contributed by atoms with E-state index in [9.17, 15) is 9.59 Å². The van der Waals surface area contributed by atoms with Gasteiger partial charge in [0.2, 0.25) is 5.91 Å². The number of hydrogen-bond acceptors (Lipinski definition) is 2. The van der Waals surface area contributed by atoms with Crippen LogP contribution in [0.2, 0.25) is 5.02 Å². The Morgan fingerprint density at radius 2 is 2.00 bits per heavy atom. The van der Waals surface area contributed by atoms with E-state index in [1.54, 1.807) is 24.3 Å². The second kappa shape index (κ2) is 8.92. The van der Waals surface area contributed by atoms with E-state index in [0.29, 0.717) is 36.0 Å². The van der Waals surface area contributed by atoms with Gasteiger partial charge in [0, 0.05) is 36.1 Å². The molecule has 1 N–H and O–H groups in total. The number of nitrogens with zero attached hydrogens (tertiary/aromatic N) is 1. The van der Waals surface area contributed by atoms with Gasteiger partial charge in [-0.15, -0.1) is 0 Å². The van der Waals surface area contributed by atoms with Crippen LogP contribution in [-0.4, -0.2) is 35.8 Å². The van der Waals surface area contributed by atoms with Gasteiger partial charge in [-0.25, -0.2) is 0 Å². The molecule has 1 atom stereocenters. The molecule has 126 valence electrons. The summed E-state index contributed by atoms with van der Waals surface area (Å²) < 4.78 is 0. The SMILES string of the molecule is CCC1CCCCN1C(=O)CCCNC(=O)c1ccc(Cl)cc1.